The maximum Gasteiger partial charge on any atom is 0.225 e. The lowest BCUT2D eigenvalue weighted by atomic mass is 9.97. The fourth-order valence-electron chi connectivity index (χ4n) is 3.11. The lowest BCUT2D eigenvalue weighted by Gasteiger charge is -2.18. The van der Waals surface area contributed by atoms with Gasteiger partial charge in [-0.3, -0.25) is 0 Å². The molecule has 4 rings (SSSR count). The zero-order valence-electron chi connectivity index (χ0n) is 15.7. The van der Waals surface area contributed by atoms with E-state index >= 15 is 0 Å². The first-order valence-corrected chi connectivity index (χ1v) is 9.95. The molecule has 6 nitrogen and oxygen atoms in total. The van der Waals surface area contributed by atoms with Crippen molar-refractivity contribution in [3.05, 3.63) is 40.5 Å². The summed E-state index contributed by atoms with van der Waals surface area (Å²) in [7, 11) is 0. The summed E-state index contributed by atoms with van der Waals surface area (Å²) in [6.07, 6.45) is 3.22. The number of pyridine rings is 1. The summed E-state index contributed by atoms with van der Waals surface area (Å²) in [4.78, 5) is 4.34. The molecule has 7 heteroatoms. The third kappa shape index (κ3) is 3.84. The molecule has 1 fully saturated rings. The summed E-state index contributed by atoms with van der Waals surface area (Å²) in [5.74, 6) is 1.34. The molecule has 1 unspecified atom stereocenters. The summed E-state index contributed by atoms with van der Waals surface area (Å²) >= 11 is 3.60. The summed E-state index contributed by atoms with van der Waals surface area (Å²) in [6, 6.07) is 7.54. The first-order valence-electron chi connectivity index (χ1n) is 9.16. The van der Waals surface area contributed by atoms with Gasteiger partial charge in [-0.2, -0.15) is 0 Å². The van der Waals surface area contributed by atoms with Crippen LogP contribution in [0.25, 0.3) is 11.0 Å². The Bertz CT molecular complexity index is 976. The molecule has 1 saturated carbocycles. The van der Waals surface area contributed by atoms with Crippen molar-refractivity contribution in [3.8, 4) is 11.6 Å². The quantitative estimate of drug-likeness (QED) is 0.624. The molecule has 0 saturated heterocycles. The fraction of sp³-hybridized carbons (Fsp3) is 0.450. The topological polar surface area (TPSA) is 73.1 Å². The smallest absolute Gasteiger partial charge is 0.225 e. The number of hydrogen-bond donors (Lipinski definition) is 1. The standard InChI is InChI=1S/C20H23BrN4O2/c1-20(2,3)11-25-14-8-9-15(16(21)17(14)23-24-25)27-19-13(5-4-10-22-19)18(26)12-6-7-12/h4-5,8-10,12,18,26H,6-7,11H2,1-3H3. The van der Waals surface area contributed by atoms with Gasteiger partial charge in [0.05, 0.1) is 16.1 Å². The molecular weight excluding hydrogens is 408 g/mol. The second-order valence-corrected chi connectivity index (χ2v) is 9.13. The molecule has 1 N–H and O–H groups in total. The third-order valence-corrected chi connectivity index (χ3v) is 5.38. The van der Waals surface area contributed by atoms with Crippen molar-refractivity contribution in [2.45, 2.75) is 46.3 Å². The van der Waals surface area contributed by atoms with Gasteiger partial charge in [0.25, 0.3) is 0 Å². The van der Waals surface area contributed by atoms with Crippen molar-refractivity contribution in [3.63, 3.8) is 0 Å². The zero-order valence-corrected chi connectivity index (χ0v) is 17.3. The Morgan fingerprint density at radius 3 is 2.78 bits per heavy atom. The van der Waals surface area contributed by atoms with E-state index in [1.165, 1.54) is 0 Å². The lowest BCUT2D eigenvalue weighted by Crippen LogP contribution is -2.16. The molecule has 1 aromatic carbocycles. The molecule has 3 aromatic rings. The molecule has 1 aliphatic rings. The van der Waals surface area contributed by atoms with Crippen LogP contribution in [0.3, 0.4) is 0 Å². The van der Waals surface area contributed by atoms with Crippen LogP contribution in [0.2, 0.25) is 0 Å². The van der Waals surface area contributed by atoms with Gasteiger partial charge >= 0.3 is 0 Å². The summed E-state index contributed by atoms with van der Waals surface area (Å²) in [5.41, 5.74) is 2.52. The largest absolute Gasteiger partial charge is 0.437 e. The van der Waals surface area contributed by atoms with E-state index in [4.69, 9.17) is 4.74 Å². The molecule has 27 heavy (non-hydrogen) atoms. The van der Waals surface area contributed by atoms with Crippen molar-refractivity contribution >= 4 is 27.0 Å². The van der Waals surface area contributed by atoms with E-state index in [1.807, 2.05) is 28.9 Å². The van der Waals surface area contributed by atoms with Gasteiger partial charge in [0.2, 0.25) is 5.88 Å². The molecule has 0 spiro atoms. The van der Waals surface area contributed by atoms with Crippen LogP contribution in [0.4, 0.5) is 0 Å². The molecular formula is C20H23BrN4O2. The number of benzene rings is 1. The Balaban J connectivity index is 1.67. The van der Waals surface area contributed by atoms with Gasteiger partial charge in [0.15, 0.2) is 0 Å². The molecule has 2 heterocycles. The van der Waals surface area contributed by atoms with E-state index in [0.717, 1.165) is 40.5 Å². The van der Waals surface area contributed by atoms with Crippen molar-refractivity contribution in [1.29, 1.82) is 0 Å². The van der Waals surface area contributed by atoms with E-state index in [0.29, 0.717) is 17.5 Å². The van der Waals surface area contributed by atoms with E-state index < -0.39 is 6.10 Å². The molecule has 0 aliphatic heterocycles. The highest BCUT2D eigenvalue weighted by Crippen LogP contribution is 2.44. The predicted octanol–water partition coefficient (Wildman–Crippen LogP) is 4.87. The van der Waals surface area contributed by atoms with Gasteiger partial charge in [0, 0.05) is 18.3 Å². The number of halogens is 1. The van der Waals surface area contributed by atoms with Crippen molar-refractivity contribution < 1.29 is 9.84 Å². The molecule has 0 bridgehead atoms. The van der Waals surface area contributed by atoms with E-state index in [1.54, 1.807) is 6.20 Å². The van der Waals surface area contributed by atoms with Crippen LogP contribution < -0.4 is 4.74 Å². The number of aliphatic hydroxyl groups excluding tert-OH is 1. The zero-order chi connectivity index (χ0) is 19.2. The minimum atomic E-state index is -0.538. The monoisotopic (exact) mass is 430 g/mol. The van der Waals surface area contributed by atoms with Gasteiger partial charge in [-0.1, -0.05) is 26.0 Å². The summed E-state index contributed by atoms with van der Waals surface area (Å²) < 4.78 is 8.71. The number of nitrogens with zero attached hydrogens (tertiary/aromatic N) is 4. The lowest BCUT2D eigenvalue weighted by molar-refractivity contribution is 0.150. The number of rotatable bonds is 5. The number of hydrogen-bond acceptors (Lipinski definition) is 5. The Morgan fingerprint density at radius 2 is 2.07 bits per heavy atom. The second kappa shape index (κ2) is 6.87. The van der Waals surface area contributed by atoms with Crippen LogP contribution in [-0.2, 0) is 6.54 Å². The van der Waals surface area contributed by atoms with Crippen molar-refractivity contribution in [2.24, 2.45) is 11.3 Å². The summed E-state index contributed by atoms with van der Waals surface area (Å²) in [5, 5.41) is 19.1. The highest BCUT2D eigenvalue weighted by atomic mass is 79.9. The fourth-order valence-corrected chi connectivity index (χ4v) is 3.61. The summed E-state index contributed by atoms with van der Waals surface area (Å²) in [6.45, 7) is 7.27. The van der Waals surface area contributed by atoms with Gasteiger partial charge in [-0.05, 0) is 64.4 Å². The minimum absolute atomic E-state index is 0.101. The Labute approximate surface area is 166 Å². The molecule has 0 amide bonds. The maximum absolute atomic E-state index is 10.5. The highest BCUT2D eigenvalue weighted by molar-refractivity contribution is 9.10. The molecule has 1 atom stereocenters. The highest BCUT2D eigenvalue weighted by Gasteiger charge is 2.33. The number of ether oxygens (including phenoxy) is 1. The Kier molecular flexibility index (Phi) is 4.68. The average molecular weight is 431 g/mol. The van der Waals surface area contributed by atoms with Crippen LogP contribution in [0.1, 0.15) is 45.3 Å². The molecule has 142 valence electrons. The van der Waals surface area contributed by atoms with Crippen LogP contribution in [0, 0.1) is 11.3 Å². The van der Waals surface area contributed by atoms with Crippen LogP contribution in [0.15, 0.2) is 34.9 Å². The van der Waals surface area contributed by atoms with Crippen LogP contribution >= 0.6 is 15.9 Å². The van der Waals surface area contributed by atoms with Crippen LogP contribution in [0.5, 0.6) is 11.6 Å². The first kappa shape index (κ1) is 18.4. The number of fused-ring (bicyclic) bond motifs is 1. The number of aromatic nitrogens is 4. The van der Waals surface area contributed by atoms with Crippen molar-refractivity contribution in [2.75, 3.05) is 0 Å². The Morgan fingerprint density at radius 1 is 1.30 bits per heavy atom. The van der Waals surface area contributed by atoms with Gasteiger partial charge < -0.3 is 9.84 Å². The van der Waals surface area contributed by atoms with Gasteiger partial charge in [-0.15, -0.1) is 5.10 Å². The molecule has 2 aromatic heterocycles. The predicted molar refractivity (Wildman–Crippen MR) is 107 cm³/mol. The third-order valence-electron chi connectivity index (χ3n) is 4.61. The van der Waals surface area contributed by atoms with E-state index in [-0.39, 0.29) is 5.41 Å². The van der Waals surface area contributed by atoms with Crippen molar-refractivity contribution in [1.82, 2.24) is 20.0 Å². The molecule has 0 radical (unpaired) electrons. The second-order valence-electron chi connectivity index (χ2n) is 8.34. The average Bonchev–Trinajstić information content (AvgIpc) is 3.39. The SMILES string of the molecule is CC(C)(C)Cn1nnc2c(Br)c(Oc3ncccc3C(O)C3CC3)ccc21. The van der Waals surface area contributed by atoms with E-state index in [2.05, 4.69) is 52.0 Å². The van der Waals surface area contributed by atoms with E-state index in [9.17, 15) is 5.11 Å². The first-order chi connectivity index (χ1) is 12.8. The number of aliphatic hydroxyl groups is 1. The minimum Gasteiger partial charge on any atom is -0.437 e. The maximum atomic E-state index is 10.5. The Hall–Kier alpha value is -1.99. The van der Waals surface area contributed by atoms with Gasteiger partial charge in [-0.25, -0.2) is 9.67 Å². The van der Waals surface area contributed by atoms with Crippen LogP contribution in [-0.4, -0.2) is 25.1 Å². The van der Waals surface area contributed by atoms with Gasteiger partial charge in [0.1, 0.15) is 11.3 Å². The normalized spacial score (nSPS) is 15.9. The molecule has 1 aliphatic carbocycles.